The van der Waals surface area contributed by atoms with Crippen LogP contribution in [-0.2, 0) is 4.79 Å². The molecular weight excluding hydrogens is 354 g/mol. The van der Waals surface area contributed by atoms with Gasteiger partial charge < -0.3 is 19.8 Å². The number of anilines is 1. The summed E-state index contributed by atoms with van der Waals surface area (Å²) in [7, 11) is 1.92. The van der Waals surface area contributed by atoms with E-state index in [2.05, 4.69) is 4.90 Å². The molecule has 1 aliphatic carbocycles. The zero-order valence-corrected chi connectivity index (χ0v) is 16.7. The van der Waals surface area contributed by atoms with Crippen LogP contribution in [-0.4, -0.2) is 72.6 Å². The number of hydrogen-bond acceptors (Lipinski definition) is 4. The molecule has 3 saturated heterocycles. The summed E-state index contributed by atoms with van der Waals surface area (Å²) in [6, 6.07) is 7.72. The van der Waals surface area contributed by atoms with Crippen LogP contribution >= 0.6 is 0 Å². The summed E-state index contributed by atoms with van der Waals surface area (Å²) in [5.74, 6) is 0.902. The van der Waals surface area contributed by atoms with Gasteiger partial charge in [-0.2, -0.15) is 0 Å². The zero-order chi connectivity index (χ0) is 19.7. The fourth-order valence-electron chi connectivity index (χ4n) is 4.72. The lowest BCUT2D eigenvalue weighted by atomic mass is 9.83. The molecule has 1 saturated carbocycles. The minimum absolute atomic E-state index is 0.0200. The Bertz CT molecular complexity index is 716. The van der Waals surface area contributed by atoms with Crippen molar-refractivity contribution in [3.8, 4) is 0 Å². The molecule has 0 unspecified atom stereocenters. The van der Waals surface area contributed by atoms with Crippen LogP contribution in [0.2, 0.25) is 0 Å². The van der Waals surface area contributed by atoms with E-state index in [1.807, 2.05) is 41.1 Å². The van der Waals surface area contributed by atoms with Crippen molar-refractivity contribution >= 4 is 17.5 Å². The number of carbonyl (C=O) groups excluding carboxylic acids is 2. The molecule has 4 aliphatic rings. The van der Waals surface area contributed by atoms with E-state index >= 15 is 0 Å². The van der Waals surface area contributed by atoms with Crippen LogP contribution < -0.4 is 4.90 Å². The van der Waals surface area contributed by atoms with Crippen molar-refractivity contribution < 1.29 is 14.7 Å². The van der Waals surface area contributed by atoms with Crippen molar-refractivity contribution in [1.29, 1.82) is 0 Å². The molecule has 2 bridgehead atoms. The molecule has 152 valence electrons. The van der Waals surface area contributed by atoms with Crippen molar-refractivity contribution in [2.45, 2.75) is 38.1 Å². The van der Waals surface area contributed by atoms with Gasteiger partial charge in [0, 0.05) is 50.5 Å². The highest BCUT2D eigenvalue weighted by Gasteiger charge is 2.42. The minimum atomic E-state index is -0.0438. The Morgan fingerprint density at radius 3 is 2.54 bits per heavy atom. The third kappa shape index (κ3) is 3.75. The van der Waals surface area contributed by atoms with Gasteiger partial charge in [0.05, 0.1) is 12.5 Å². The summed E-state index contributed by atoms with van der Waals surface area (Å²) >= 11 is 0. The van der Waals surface area contributed by atoms with Gasteiger partial charge in [-0.15, -0.1) is 0 Å². The fourth-order valence-corrected chi connectivity index (χ4v) is 4.72. The van der Waals surface area contributed by atoms with Crippen LogP contribution in [0.4, 0.5) is 5.69 Å². The van der Waals surface area contributed by atoms with Crippen LogP contribution in [0.25, 0.3) is 0 Å². The largest absolute Gasteiger partial charge is 0.395 e. The number of likely N-dealkylation sites (N-methyl/N-ethyl adjacent to an activating group) is 1. The van der Waals surface area contributed by atoms with Crippen molar-refractivity contribution in [3.63, 3.8) is 0 Å². The second-order valence-electron chi connectivity index (χ2n) is 8.62. The minimum Gasteiger partial charge on any atom is -0.395 e. The Labute approximate surface area is 167 Å². The van der Waals surface area contributed by atoms with Crippen LogP contribution in [0.1, 0.15) is 42.5 Å². The van der Waals surface area contributed by atoms with Gasteiger partial charge in [-0.1, -0.05) is 6.42 Å². The monoisotopic (exact) mass is 385 g/mol. The van der Waals surface area contributed by atoms with Crippen LogP contribution in [0, 0.1) is 11.8 Å². The predicted octanol–water partition coefficient (Wildman–Crippen LogP) is 1.98. The first-order valence-electron chi connectivity index (χ1n) is 10.6. The third-order valence-electron chi connectivity index (χ3n) is 6.75. The van der Waals surface area contributed by atoms with E-state index in [4.69, 9.17) is 5.11 Å². The predicted molar refractivity (Wildman–Crippen MR) is 108 cm³/mol. The first-order chi connectivity index (χ1) is 13.6. The molecule has 5 rings (SSSR count). The number of nitrogens with zero attached hydrogens (tertiary/aromatic N) is 3. The summed E-state index contributed by atoms with van der Waals surface area (Å²) in [4.78, 5) is 32.0. The van der Waals surface area contributed by atoms with Crippen molar-refractivity contribution in [3.05, 3.63) is 29.8 Å². The highest BCUT2D eigenvalue weighted by atomic mass is 16.3. The Balaban J connectivity index is 1.45. The maximum atomic E-state index is 13.1. The molecule has 6 nitrogen and oxygen atoms in total. The molecule has 3 aliphatic heterocycles. The molecule has 28 heavy (non-hydrogen) atoms. The SMILES string of the molecule is CN(CCO)c1ccc(C(=O)N2C[C@H]3CC[C@@H](C2)N(CC2CCC2)C3=O)cc1. The van der Waals surface area contributed by atoms with Gasteiger partial charge in [0.25, 0.3) is 5.91 Å². The average Bonchev–Trinajstić information content (AvgIpc) is 2.96. The summed E-state index contributed by atoms with van der Waals surface area (Å²) in [6.07, 6.45) is 5.67. The highest BCUT2D eigenvalue weighted by molar-refractivity contribution is 5.95. The van der Waals surface area contributed by atoms with Gasteiger partial charge in [-0.05, 0) is 55.9 Å². The molecule has 1 aromatic rings. The van der Waals surface area contributed by atoms with Crippen LogP contribution in [0.3, 0.4) is 0 Å². The van der Waals surface area contributed by atoms with E-state index in [0.717, 1.165) is 25.1 Å². The van der Waals surface area contributed by atoms with E-state index in [1.54, 1.807) is 0 Å². The Morgan fingerprint density at radius 2 is 1.89 bits per heavy atom. The molecule has 1 aromatic carbocycles. The molecule has 2 atom stereocenters. The molecule has 6 heteroatoms. The van der Waals surface area contributed by atoms with Gasteiger partial charge in [-0.25, -0.2) is 0 Å². The lowest BCUT2D eigenvalue weighted by molar-refractivity contribution is -0.141. The van der Waals surface area contributed by atoms with E-state index in [-0.39, 0.29) is 30.4 Å². The number of aliphatic hydroxyl groups excluding tert-OH is 1. The quantitative estimate of drug-likeness (QED) is 0.813. The summed E-state index contributed by atoms with van der Waals surface area (Å²) < 4.78 is 0. The molecule has 3 heterocycles. The molecule has 2 amide bonds. The zero-order valence-electron chi connectivity index (χ0n) is 16.7. The third-order valence-corrected chi connectivity index (χ3v) is 6.75. The normalized spacial score (nSPS) is 24.9. The lowest BCUT2D eigenvalue weighted by Gasteiger charge is -2.40. The van der Waals surface area contributed by atoms with Crippen LogP contribution in [0.5, 0.6) is 0 Å². The van der Waals surface area contributed by atoms with Gasteiger partial charge in [-0.3, -0.25) is 9.59 Å². The van der Waals surface area contributed by atoms with E-state index in [9.17, 15) is 9.59 Å². The number of piperidine rings is 1. The number of hydrogen-bond donors (Lipinski definition) is 1. The average molecular weight is 386 g/mol. The summed E-state index contributed by atoms with van der Waals surface area (Å²) in [5.41, 5.74) is 1.64. The standard InChI is InChI=1S/C22H31N3O3/c1-23(11-12-26)19-8-5-17(6-9-19)21(27)24-14-18-7-10-20(15-24)25(22(18)28)13-16-3-2-4-16/h5-6,8-9,16,18,20,26H,2-4,7,10-15H2,1H3/t18-,20+/m1/s1. The topological polar surface area (TPSA) is 64.1 Å². The molecule has 0 aromatic heterocycles. The molecule has 1 N–H and O–H groups in total. The van der Waals surface area contributed by atoms with Crippen molar-refractivity contribution in [2.24, 2.45) is 11.8 Å². The van der Waals surface area contributed by atoms with Gasteiger partial charge >= 0.3 is 0 Å². The molecular formula is C22H31N3O3. The smallest absolute Gasteiger partial charge is 0.253 e. The second-order valence-corrected chi connectivity index (χ2v) is 8.62. The number of aliphatic hydroxyl groups is 1. The first-order valence-corrected chi connectivity index (χ1v) is 10.6. The lowest BCUT2D eigenvalue weighted by Crippen LogP contribution is -2.50. The van der Waals surface area contributed by atoms with E-state index in [0.29, 0.717) is 31.1 Å². The number of amides is 2. The van der Waals surface area contributed by atoms with E-state index in [1.165, 1.54) is 19.3 Å². The molecule has 0 spiro atoms. The maximum absolute atomic E-state index is 13.1. The molecule has 0 radical (unpaired) electrons. The van der Waals surface area contributed by atoms with Gasteiger partial charge in [0.15, 0.2) is 0 Å². The van der Waals surface area contributed by atoms with Crippen molar-refractivity contribution in [1.82, 2.24) is 9.80 Å². The van der Waals surface area contributed by atoms with E-state index < -0.39 is 0 Å². The Morgan fingerprint density at radius 1 is 1.14 bits per heavy atom. The number of benzene rings is 1. The number of carbonyl (C=O) groups is 2. The van der Waals surface area contributed by atoms with Gasteiger partial charge in [0.1, 0.15) is 0 Å². The van der Waals surface area contributed by atoms with Gasteiger partial charge in [0.2, 0.25) is 5.91 Å². The second kappa shape index (κ2) is 8.11. The van der Waals surface area contributed by atoms with Crippen molar-refractivity contribution in [2.75, 3.05) is 44.7 Å². The Kier molecular flexibility index (Phi) is 5.58. The number of rotatable bonds is 6. The van der Waals surface area contributed by atoms with Crippen LogP contribution in [0.15, 0.2) is 24.3 Å². The maximum Gasteiger partial charge on any atom is 0.253 e. The first kappa shape index (κ1) is 19.2. The molecule has 4 fully saturated rings. The Hall–Kier alpha value is -2.08. The fraction of sp³-hybridized carbons (Fsp3) is 0.636. The number of fused-ring (bicyclic) bond motifs is 4. The summed E-state index contributed by atoms with van der Waals surface area (Å²) in [5, 5.41) is 9.08. The highest BCUT2D eigenvalue weighted by Crippen LogP contribution is 2.34. The summed E-state index contributed by atoms with van der Waals surface area (Å²) in [6.45, 7) is 2.73.